The highest BCUT2D eigenvalue weighted by atomic mass is 16.3. The molecule has 6 rings (SSSR count). The van der Waals surface area contributed by atoms with E-state index in [1.165, 1.54) is 23.9 Å². The van der Waals surface area contributed by atoms with Crippen LogP contribution < -0.4 is 16.0 Å². The normalized spacial score (nSPS) is 18.4. The molecule has 4 aliphatic rings. The van der Waals surface area contributed by atoms with E-state index in [1.807, 2.05) is 65.7 Å². The molecule has 0 unspecified atom stereocenters. The number of hydrazine groups is 1. The van der Waals surface area contributed by atoms with Gasteiger partial charge in [0.05, 0.1) is 11.2 Å². The van der Waals surface area contributed by atoms with Crippen LogP contribution in [0.25, 0.3) is 28.2 Å². The van der Waals surface area contributed by atoms with Gasteiger partial charge in [-0.2, -0.15) is 4.68 Å². The lowest BCUT2D eigenvalue weighted by Crippen LogP contribution is -2.48. The average Bonchev–Trinajstić information content (AvgIpc) is 3.31. The van der Waals surface area contributed by atoms with Crippen molar-refractivity contribution in [2.45, 2.75) is 37.6 Å². The fourth-order valence-corrected chi connectivity index (χ4v) is 4.69. The summed E-state index contributed by atoms with van der Waals surface area (Å²) in [5.74, 6) is 1.10. The van der Waals surface area contributed by atoms with E-state index in [0.29, 0.717) is 11.5 Å². The second-order valence-electron chi connectivity index (χ2n) is 8.22. The molecule has 3 heterocycles. The molecule has 1 fully saturated rings. The van der Waals surface area contributed by atoms with Crippen molar-refractivity contribution in [2.75, 3.05) is 5.01 Å². The largest absolute Gasteiger partial charge is 0.436 e. The fourth-order valence-electron chi connectivity index (χ4n) is 4.69. The summed E-state index contributed by atoms with van der Waals surface area (Å²) < 4.78 is 7.43. The van der Waals surface area contributed by atoms with Gasteiger partial charge in [0.2, 0.25) is 5.89 Å². The molecule has 2 aromatic carbocycles. The van der Waals surface area contributed by atoms with Crippen LogP contribution in [0.1, 0.15) is 32.1 Å². The van der Waals surface area contributed by atoms with Crippen LogP contribution in [0.5, 0.6) is 0 Å². The zero-order valence-corrected chi connectivity index (χ0v) is 16.5. The second kappa shape index (κ2) is 6.57. The van der Waals surface area contributed by atoms with E-state index >= 15 is 0 Å². The van der Waals surface area contributed by atoms with Gasteiger partial charge in [0.25, 0.3) is 5.56 Å². The predicted octanol–water partition coefficient (Wildman–Crippen LogP) is 4.62. The maximum Gasteiger partial charge on any atom is 0.285 e. The minimum Gasteiger partial charge on any atom is -0.436 e. The highest BCUT2D eigenvalue weighted by Gasteiger charge is 2.40. The van der Waals surface area contributed by atoms with Crippen molar-refractivity contribution in [3.8, 4) is 11.5 Å². The topological polar surface area (TPSA) is 63.3 Å². The van der Waals surface area contributed by atoms with Crippen molar-refractivity contribution in [1.29, 1.82) is 0 Å². The number of para-hydroxylation sites is 2. The van der Waals surface area contributed by atoms with Gasteiger partial charge in [0, 0.05) is 5.39 Å². The molecular weight excluding hydrogens is 376 g/mol. The van der Waals surface area contributed by atoms with E-state index in [4.69, 9.17) is 4.42 Å². The molecule has 0 amide bonds. The molecule has 1 aliphatic carbocycles. The van der Waals surface area contributed by atoms with Crippen molar-refractivity contribution < 1.29 is 4.42 Å². The zero-order chi connectivity index (χ0) is 20.1. The molecular formula is C24H22N4O2. The van der Waals surface area contributed by atoms with Crippen molar-refractivity contribution in [2.24, 2.45) is 0 Å². The number of rotatable bonds is 2. The maximum atomic E-state index is 13.4. The number of nitrogens with one attached hydrogen (secondary N) is 1. The Morgan fingerprint density at radius 3 is 2.57 bits per heavy atom. The van der Waals surface area contributed by atoms with Gasteiger partial charge in [-0.1, -0.05) is 55.7 Å². The Balaban J connectivity index is 1.54. The molecule has 1 saturated carbocycles. The van der Waals surface area contributed by atoms with Gasteiger partial charge in [-0.05, 0) is 43.2 Å². The third-order valence-corrected chi connectivity index (χ3v) is 6.22. The monoisotopic (exact) mass is 398 g/mol. The number of fused-ring (bicyclic) bond motifs is 2. The Morgan fingerprint density at radius 2 is 1.73 bits per heavy atom. The van der Waals surface area contributed by atoms with Crippen LogP contribution in [0.2, 0.25) is 0 Å². The minimum atomic E-state index is -0.165. The summed E-state index contributed by atoms with van der Waals surface area (Å²) in [6, 6.07) is 19.6. The Bertz CT molecular complexity index is 1280. The van der Waals surface area contributed by atoms with E-state index in [-0.39, 0.29) is 11.1 Å². The van der Waals surface area contributed by atoms with Crippen LogP contribution in [-0.4, -0.2) is 15.3 Å². The fraction of sp³-hybridized carbons (Fsp3) is 0.250. The maximum absolute atomic E-state index is 13.4. The van der Waals surface area contributed by atoms with Crippen LogP contribution in [0, 0.1) is 0 Å². The molecule has 6 nitrogen and oxygen atoms in total. The van der Waals surface area contributed by atoms with Gasteiger partial charge in [0.15, 0.2) is 5.82 Å². The molecule has 1 spiro atoms. The molecule has 0 atom stereocenters. The van der Waals surface area contributed by atoms with Gasteiger partial charge in [-0.15, -0.1) is 5.10 Å². The SMILES string of the molecule is O=c1c2cc3ccccc3oc-2nn1C1=CC2(CCCCC2)NN1c1ccccc1. The number of nitrogens with zero attached hydrogens (tertiary/aromatic N) is 3. The van der Waals surface area contributed by atoms with Crippen molar-refractivity contribution in [1.82, 2.24) is 15.2 Å². The first-order chi connectivity index (χ1) is 14.7. The molecule has 0 saturated heterocycles. The summed E-state index contributed by atoms with van der Waals surface area (Å²) in [7, 11) is 0. The molecule has 0 bridgehead atoms. The first-order valence-corrected chi connectivity index (χ1v) is 10.5. The Hall–Kier alpha value is -3.38. The third kappa shape index (κ3) is 2.68. The third-order valence-electron chi connectivity index (χ3n) is 6.22. The summed E-state index contributed by atoms with van der Waals surface area (Å²) >= 11 is 0. The standard InChI is InChI=1S/C24H22N4O2/c29-23-19-15-17-9-5-6-12-20(17)30-22(19)25-28(23)21-16-24(13-7-2-8-14-24)26-27(21)18-10-3-1-4-11-18/h1,3-6,9-12,15-16,26H,2,7-8,13-14H2. The van der Waals surface area contributed by atoms with Gasteiger partial charge < -0.3 is 4.42 Å². The lowest BCUT2D eigenvalue weighted by atomic mass is 9.83. The quantitative estimate of drug-likeness (QED) is 0.534. The zero-order valence-electron chi connectivity index (χ0n) is 16.5. The van der Waals surface area contributed by atoms with Gasteiger partial charge in [-0.25, -0.2) is 5.43 Å². The lowest BCUT2D eigenvalue weighted by Gasteiger charge is -2.34. The van der Waals surface area contributed by atoms with Crippen LogP contribution in [0.4, 0.5) is 5.69 Å². The molecule has 3 aliphatic heterocycles. The summed E-state index contributed by atoms with van der Waals surface area (Å²) in [6.45, 7) is 0. The molecule has 0 aromatic heterocycles. The van der Waals surface area contributed by atoms with Gasteiger partial charge in [-0.3, -0.25) is 9.80 Å². The molecule has 1 N–H and O–H groups in total. The first kappa shape index (κ1) is 17.5. The number of hydrogen-bond acceptors (Lipinski definition) is 5. The van der Waals surface area contributed by atoms with Crippen molar-refractivity contribution in [3.63, 3.8) is 0 Å². The van der Waals surface area contributed by atoms with E-state index in [1.54, 1.807) is 0 Å². The molecule has 30 heavy (non-hydrogen) atoms. The predicted molar refractivity (Wildman–Crippen MR) is 117 cm³/mol. The van der Waals surface area contributed by atoms with Crippen LogP contribution in [0.15, 0.2) is 76.0 Å². The van der Waals surface area contributed by atoms with E-state index < -0.39 is 0 Å². The Morgan fingerprint density at radius 1 is 0.967 bits per heavy atom. The molecule has 150 valence electrons. The van der Waals surface area contributed by atoms with Crippen molar-refractivity contribution >= 4 is 22.5 Å². The average molecular weight is 398 g/mol. The number of benzene rings is 2. The van der Waals surface area contributed by atoms with Crippen LogP contribution in [-0.2, 0) is 0 Å². The first-order valence-electron chi connectivity index (χ1n) is 10.5. The highest BCUT2D eigenvalue weighted by Crippen LogP contribution is 2.38. The molecule has 0 radical (unpaired) electrons. The smallest absolute Gasteiger partial charge is 0.285 e. The molecule has 2 aromatic rings. The number of anilines is 1. The summed E-state index contributed by atoms with van der Waals surface area (Å²) in [5, 5.41) is 7.48. The molecule has 6 heteroatoms. The minimum absolute atomic E-state index is 0.143. The highest BCUT2D eigenvalue weighted by molar-refractivity contribution is 5.82. The summed E-state index contributed by atoms with van der Waals surface area (Å²) in [5.41, 5.74) is 5.57. The van der Waals surface area contributed by atoms with Gasteiger partial charge in [0.1, 0.15) is 11.1 Å². The second-order valence-corrected chi connectivity index (χ2v) is 8.22. The lowest BCUT2D eigenvalue weighted by molar-refractivity contribution is 0.305. The summed E-state index contributed by atoms with van der Waals surface area (Å²) in [4.78, 5) is 13.4. The van der Waals surface area contributed by atoms with E-state index in [9.17, 15) is 4.79 Å². The van der Waals surface area contributed by atoms with Crippen LogP contribution >= 0.6 is 0 Å². The van der Waals surface area contributed by atoms with E-state index in [0.717, 1.165) is 35.3 Å². The van der Waals surface area contributed by atoms with E-state index in [2.05, 4.69) is 16.6 Å². The number of aromatic nitrogens is 2. The number of hydrogen-bond donors (Lipinski definition) is 1. The van der Waals surface area contributed by atoms with Gasteiger partial charge >= 0.3 is 0 Å². The summed E-state index contributed by atoms with van der Waals surface area (Å²) in [6.07, 6.45) is 7.87. The Kier molecular flexibility index (Phi) is 3.83. The Labute approximate surface area is 173 Å². The van der Waals surface area contributed by atoms with Crippen LogP contribution in [0.3, 0.4) is 0 Å². The van der Waals surface area contributed by atoms with Crippen molar-refractivity contribution in [3.05, 3.63) is 77.1 Å².